The van der Waals surface area contributed by atoms with Gasteiger partial charge in [-0.2, -0.15) is 0 Å². The predicted octanol–water partition coefficient (Wildman–Crippen LogP) is 1.28. The number of amides is 3. The van der Waals surface area contributed by atoms with Crippen LogP contribution in [0.4, 0.5) is 5.69 Å². The molecule has 3 rings (SSSR count). The molecule has 29 heavy (non-hydrogen) atoms. The molecule has 2 aromatic rings. The number of methoxy groups -OCH3 is 1. The van der Waals surface area contributed by atoms with E-state index in [2.05, 4.69) is 10.6 Å². The van der Waals surface area contributed by atoms with E-state index in [0.717, 1.165) is 22.3 Å². The second kappa shape index (κ2) is 9.03. The fraction of sp³-hybridized carbons (Fsp3) is 0.190. The van der Waals surface area contributed by atoms with Gasteiger partial charge < -0.3 is 20.5 Å². The number of hydrogen-bond donors (Lipinski definition) is 3. The first-order valence-corrected chi connectivity index (χ1v) is 8.99. The molecule has 0 fully saturated rings. The SMILES string of the molecule is COc1ccc(CNC(=O)c2ccccc2NC2=CC(=O)N(CCO)C2=O)cc1. The number of anilines is 1. The predicted molar refractivity (Wildman–Crippen MR) is 106 cm³/mol. The van der Waals surface area contributed by atoms with Gasteiger partial charge in [-0.15, -0.1) is 0 Å². The largest absolute Gasteiger partial charge is 0.497 e. The average molecular weight is 395 g/mol. The highest BCUT2D eigenvalue weighted by atomic mass is 16.5. The molecule has 0 bridgehead atoms. The molecule has 0 aliphatic carbocycles. The van der Waals surface area contributed by atoms with Crippen molar-refractivity contribution in [1.82, 2.24) is 10.2 Å². The van der Waals surface area contributed by atoms with Gasteiger partial charge >= 0.3 is 0 Å². The van der Waals surface area contributed by atoms with Crippen LogP contribution in [0.1, 0.15) is 15.9 Å². The molecule has 0 unspecified atom stereocenters. The molecule has 0 saturated carbocycles. The summed E-state index contributed by atoms with van der Waals surface area (Å²) in [7, 11) is 1.59. The van der Waals surface area contributed by atoms with Gasteiger partial charge in [-0.05, 0) is 29.8 Å². The summed E-state index contributed by atoms with van der Waals surface area (Å²) >= 11 is 0. The average Bonchev–Trinajstić information content (AvgIpc) is 3.00. The number of nitrogens with one attached hydrogen (secondary N) is 2. The van der Waals surface area contributed by atoms with Crippen LogP contribution in [0.25, 0.3) is 0 Å². The van der Waals surface area contributed by atoms with Crippen molar-refractivity contribution in [3.63, 3.8) is 0 Å². The summed E-state index contributed by atoms with van der Waals surface area (Å²) in [5, 5.41) is 14.7. The van der Waals surface area contributed by atoms with E-state index >= 15 is 0 Å². The van der Waals surface area contributed by atoms with Crippen LogP contribution in [-0.4, -0.2) is 48.0 Å². The molecule has 150 valence electrons. The number of rotatable bonds is 8. The van der Waals surface area contributed by atoms with Crippen LogP contribution in [0.3, 0.4) is 0 Å². The molecule has 2 aromatic carbocycles. The van der Waals surface area contributed by atoms with Crippen LogP contribution >= 0.6 is 0 Å². The Kier molecular flexibility index (Phi) is 6.25. The van der Waals surface area contributed by atoms with Gasteiger partial charge in [0.2, 0.25) is 0 Å². The Labute approximate surface area is 167 Å². The first-order valence-electron chi connectivity index (χ1n) is 8.99. The lowest BCUT2D eigenvalue weighted by Crippen LogP contribution is -2.34. The van der Waals surface area contributed by atoms with Crippen molar-refractivity contribution in [2.24, 2.45) is 0 Å². The fourth-order valence-corrected chi connectivity index (χ4v) is 2.87. The van der Waals surface area contributed by atoms with E-state index < -0.39 is 11.8 Å². The Morgan fingerprint density at radius 1 is 1.10 bits per heavy atom. The third kappa shape index (κ3) is 4.61. The minimum atomic E-state index is -0.544. The fourth-order valence-electron chi connectivity index (χ4n) is 2.87. The number of imide groups is 1. The summed E-state index contributed by atoms with van der Waals surface area (Å²) in [6.07, 6.45) is 1.16. The van der Waals surface area contributed by atoms with E-state index in [1.54, 1.807) is 31.4 Å². The highest BCUT2D eigenvalue weighted by molar-refractivity contribution is 6.17. The third-order valence-electron chi connectivity index (χ3n) is 4.39. The summed E-state index contributed by atoms with van der Waals surface area (Å²) in [4.78, 5) is 37.8. The molecule has 0 saturated heterocycles. The number of para-hydroxylation sites is 1. The third-order valence-corrected chi connectivity index (χ3v) is 4.39. The molecule has 0 spiro atoms. The Balaban J connectivity index is 1.70. The first kappa shape index (κ1) is 20.1. The van der Waals surface area contributed by atoms with Crippen LogP contribution in [0.2, 0.25) is 0 Å². The van der Waals surface area contributed by atoms with Crippen molar-refractivity contribution in [2.75, 3.05) is 25.6 Å². The lowest BCUT2D eigenvalue weighted by molar-refractivity contribution is -0.137. The highest BCUT2D eigenvalue weighted by Crippen LogP contribution is 2.21. The van der Waals surface area contributed by atoms with Gasteiger partial charge in [0.05, 0.1) is 31.5 Å². The van der Waals surface area contributed by atoms with Crippen molar-refractivity contribution < 1.29 is 24.2 Å². The molecule has 1 aliphatic heterocycles. The summed E-state index contributed by atoms with van der Waals surface area (Å²) in [6, 6.07) is 14.0. The molecular formula is C21H21N3O5. The van der Waals surface area contributed by atoms with E-state index in [0.29, 0.717) is 17.8 Å². The molecular weight excluding hydrogens is 374 g/mol. The zero-order valence-electron chi connectivity index (χ0n) is 15.8. The van der Waals surface area contributed by atoms with Crippen molar-refractivity contribution >= 4 is 23.4 Å². The van der Waals surface area contributed by atoms with Gasteiger partial charge in [0.25, 0.3) is 17.7 Å². The van der Waals surface area contributed by atoms with Crippen LogP contribution in [0, 0.1) is 0 Å². The molecule has 1 heterocycles. The number of nitrogens with zero attached hydrogens (tertiary/aromatic N) is 1. The number of aliphatic hydroxyl groups excluding tert-OH is 1. The monoisotopic (exact) mass is 395 g/mol. The molecule has 8 heteroatoms. The van der Waals surface area contributed by atoms with Gasteiger partial charge in [-0.25, -0.2) is 0 Å². The molecule has 3 N–H and O–H groups in total. The van der Waals surface area contributed by atoms with Crippen LogP contribution < -0.4 is 15.4 Å². The molecule has 3 amide bonds. The van der Waals surface area contributed by atoms with Gasteiger partial charge in [-0.1, -0.05) is 24.3 Å². The smallest absolute Gasteiger partial charge is 0.277 e. The Morgan fingerprint density at radius 3 is 2.52 bits per heavy atom. The van der Waals surface area contributed by atoms with Gasteiger partial charge in [0, 0.05) is 12.6 Å². The quantitative estimate of drug-likeness (QED) is 0.581. The van der Waals surface area contributed by atoms with Gasteiger partial charge in [0.1, 0.15) is 11.4 Å². The van der Waals surface area contributed by atoms with Gasteiger partial charge in [-0.3, -0.25) is 19.3 Å². The summed E-state index contributed by atoms with van der Waals surface area (Å²) < 4.78 is 5.11. The van der Waals surface area contributed by atoms with Gasteiger partial charge in [0.15, 0.2) is 0 Å². The maximum Gasteiger partial charge on any atom is 0.277 e. The number of carbonyl (C=O) groups excluding carboxylic acids is 3. The topological polar surface area (TPSA) is 108 Å². The highest BCUT2D eigenvalue weighted by Gasteiger charge is 2.31. The molecule has 1 aliphatic rings. The summed E-state index contributed by atoms with van der Waals surface area (Å²) in [5.41, 5.74) is 1.70. The van der Waals surface area contributed by atoms with E-state index in [4.69, 9.17) is 9.84 Å². The Morgan fingerprint density at radius 2 is 1.83 bits per heavy atom. The minimum Gasteiger partial charge on any atom is -0.497 e. The maximum atomic E-state index is 12.7. The second-order valence-electron chi connectivity index (χ2n) is 6.28. The molecule has 0 aromatic heterocycles. The van der Waals surface area contributed by atoms with Crippen molar-refractivity contribution in [2.45, 2.75) is 6.54 Å². The van der Waals surface area contributed by atoms with Crippen LogP contribution in [0.5, 0.6) is 5.75 Å². The zero-order chi connectivity index (χ0) is 20.8. The van der Waals surface area contributed by atoms with Crippen LogP contribution in [0.15, 0.2) is 60.3 Å². The minimum absolute atomic E-state index is 0.0545. The maximum absolute atomic E-state index is 12.7. The summed E-state index contributed by atoms with van der Waals surface area (Å²) in [5.74, 6) is -0.645. The van der Waals surface area contributed by atoms with E-state index in [9.17, 15) is 14.4 Å². The Hall–Kier alpha value is -3.65. The molecule has 8 nitrogen and oxygen atoms in total. The number of aliphatic hydroxyl groups is 1. The van der Waals surface area contributed by atoms with Crippen molar-refractivity contribution in [3.8, 4) is 5.75 Å². The normalized spacial score (nSPS) is 13.3. The van der Waals surface area contributed by atoms with E-state index in [1.807, 2.05) is 24.3 Å². The van der Waals surface area contributed by atoms with Crippen molar-refractivity contribution in [3.05, 3.63) is 71.4 Å². The lowest BCUT2D eigenvalue weighted by Gasteiger charge is -2.15. The number of β-amino-alcohol motifs (C(OH)–C–C–N with tert-alkyl or cyclic N) is 1. The number of ether oxygens (including phenoxy) is 1. The second-order valence-corrected chi connectivity index (χ2v) is 6.28. The van der Waals surface area contributed by atoms with E-state index in [1.165, 1.54) is 0 Å². The zero-order valence-corrected chi connectivity index (χ0v) is 15.8. The molecule has 0 atom stereocenters. The standard InChI is InChI=1S/C21H21N3O5/c1-29-15-8-6-14(7-9-15)13-22-20(27)16-4-2-3-5-17(16)23-18-12-19(26)24(10-11-25)21(18)28/h2-9,12,23,25H,10-11,13H2,1H3,(H,22,27). The number of carbonyl (C=O) groups is 3. The van der Waals surface area contributed by atoms with Crippen molar-refractivity contribution in [1.29, 1.82) is 0 Å². The number of benzene rings is 2. The summed E-state index contributed by atoms with van der Waals surface area (Å²) in [6.45, 7) is -0.0755. The lowest BCUT2D eigenvalue weighted by atomic mass is 10.1. The Bertz CT molecular complexity index is 953. The van der Waals surface area contributed by atoms with E-state index in [-0.39, 0.29) is 24.8 Å². The van der Waals surface area contributed by atoms with Crippen LogP contribution in [-0.2, 0) is 16.1 Å². The first-order chi connectivity index (χ1) is 14.0. The molecule has 0 radical (unpaired) electrons. The number of hydrogen-bond acceptors (Lipinski definition) is 6.